The van der Waals surface area contributed by atoms with Crippen LogP contribution in [0.5, 0.6) is 0 Å². The van der Waals surface area contributed by atoms with Crippen molar-refractivity contribution in [2.75, 3.05) is 19.8 Å². The molecule has 0 spiro atoms. The number of hydrogen-bond donors (Lipinski definition) is 3. The molecule has 0 amide bonds. The summed E-state index contributed by atoms with van der Waals surface area (Å²) in [7, 11) is -4.67. The van der Waals surface area contributed by atoms with E-state index in [1.54, 1.807) is 0 Å². The van der Waals surface area contributed by atoms with Gasteiger partial charge in [-0.05, 0) is 12.8 Å². The van der Waals surface area contributed by atoms with Crippen molar-refractivity contribution in [2.24, 2.45) is 5.73 Å². The number of carboxylic acid groups (broad SMARTS) is 1. The first-order valence-electron chi connectivity index (χ1n) is 12.6. The minimum Gasteiger partial charge on any atom is -0.480 e. The molecule has 3 atom stereocenters. The van der Waals surface area contributed by atoms with Gasteiger partial charge in [0.15, 0.2) is 6.10 Å². The lowest BCUT2D eigenvalue weighted by Crippen LogP contribution is -2.34. The molecule has 3 unspecified atom stereocenters. The smallest absolute Gasteiger partial charge is 0.472 e. The Morgan fingerprint density at radius 3 is 1.86 bits per heavy atom. The first-order valence-corrected chi connectivity index (χ1v) is 14.1. The first-order chi connectivity index (χ1) is 16.6. The fraction of sp³-hybridized carbons (Fsp3) is 0.870. The second-order valence-electron chi connectivity index (χ2n) is 8.48. The number of carbonyl (C=O) groups excluding carboxylic acids is 2. The average molecular weight is 526 g/mol. The summed E-state index contributed by atoms with van der Waals surface area (Å²) in [5.41, 5.74) is 5.24. The second-order valence-corrected chi connectivity index (χ2v) is 9.94. The third-order valence-electron chi connectivity index (χ3n) is 5.11. The molecule has 0 rings (SSSR count). The molecule has 0 saturated heterocycles. The zero-order valence-electron chi connectivity index (χ0n) is 21.2. The number of carbonyl (C=O) groups is 3. The quantitative estimate of drug-likeness (QED) is 0.0996. The number of rotatable bonds is 23. The number of unbranched alkanes of at least 4 members (excludes halogenated alkanes) is 9. The third-order valence-corrected chi connectivity index (χ3v) is 6.06. The van der Waals surface area contributed by atoms with E-state index in [1.807, 2.05) is 6.92 Å². The standard InChI is InChI=1S/C23H44NO10P/c1-3-5-7-8-9-10-11-13-15-22(26)34-19(16-31-21(25)14-12-6-4-2)17-32-35(29,30)33-18-20(24)23(27)28/h19-20H,3-18,24H2,1-2H3,(H,27,28)(H,29,30). The average Bonchev–Trinajstić information content (AvgIpc) is 2.81. The van der Waals surface area contributed by atoms with Crippen LogP contribution in [0.2, 0.25) is 0 Å². The van der Waals surface area contributed by atoms with Gasteiger partial charge in [-0.25, -0.2) is 4.57 Å². The van der Waals surface area contributed by atoms with E-state index in [1.165, 1.54) is 25.7 Å². The van der Waals surface area contributed by atoms with Crippen molar-refractivity contribution in [3.8, 4) is 0 Å². The lowest BCUT2D eigenvalue weighted by Gasteiger charge is -2.20. The van der Waals surface area contributed by atoms with Crippen LogP contribution in [0.1, 0.15) is 97.3 Å². The summed E-state index contributed by atoms with van der Waals surface area (Å²) in [6.07, 6.45) is 10.2. The molecule has 0 bridgehead atoms. The van der Waals surface area contributed by atoms with Gasteiger partial charge in [0, 0.05) is 12.8 Å². The highest BCUT2D eigenvalue weighted by molar-refractivity contribution is 7.47. The molecule has 0 aliphatic carbocycles. The van der Waals surface area contributed by atoms with Gasteiger partial charge in [0.1, 0.15) is 12.6 Å². The highest BCUT2D eigenvalue weighted by atomic mass is 31.2. The number of hydrogen-bond acceptors (Lipinski definition) is 9. The summed E-state index contributed by atoms with van der Waals surface area (Å²) in [5.74, 6) is -2.42. The van der Waals surface area contributed by atoms with Crippen molar-refractivity contribution in [2.45, 2.75) is 109 Å². The Hall–Kier alpha value is -1.52. The maximum atomic E-state index is 12.2. The molecular weight excluding hydrogens is 481 g/mol. The van der Waals surface area contributed by atoms with Crippen molar-refractivity contribution >= 4 is 25.7 Å². The Balaban J connectivity index is 4.59. The molecular formula is C23H44NO10P. The van der Waals surface area contributed by atoms with Crippen molar-refractivity contribution in [1.29, 1.82) is 0 Å². The zero-order chi connectivity index (χ0) is 26.5. The van der Waals surface area contributed by atoms with Gasteiger partial charge in [0.2, 0.25) is 0 Å². The molecule has 0 aliphatic heterocycles. The third kappa shape index (κ3) is 20.4. The second kappa shape index (κ2) is 20.7. The van der Waals surface area contributed by atoms with Crippen molar-refractivity contribution in [1.82, 2.24) is 0 Å². The molecule has 0 saturated carbocycles. The molecule has 0 aliphatic rings. The van der Waals surface area contributed by atoms with Crippen molar-refractivity contribution in [3.05, 3.63) is 0 Å². The molecule has 35 heavy (non-hydrogen) atoms. The van der Waals surface area contributed by atoms with Gasteiger partial charge in [-0.15, -0.1) is 0 Å². The lowest BCUT2D eigenvalue weighted by molar-refractivity contribution is -0.161. The van der Waals surface area contributed by atoms with Crippen LogP contribution < -0.4 is 5.73 Å². The Morgan fingerprint density at radius 2 is 1.26 bits per heavy atom. The Bertz CT molecular complexity index is 646. The predicted octanol–water partition coefficient (Wildman–Crippen LogP) is 4.10. The van der Waals surface area contributed by atoms with E-state index in [0.29, 0.717) is 12.8 Å². The fourth-order valence-electron chi connectivity index (χ4n) is 3.00. The molecule has 4 N–H and O–H groups in total. The zero-order valence-corrected chi connectivity index (χ0v) is 22.0. The van der Waals surface area contributed by atoms with Crippen LogP contribution in [-0.2, 0) is 37.5 Å². The highest BCUT2D eigenvalue weighted by Crippen LogP contribution is 2.43. The molecule has 0 aromatic carbocycles. The van der Waals surface area contributed by atoms with Gasteiger partial charge in [0.05, 0.1) is 13.2 Å². The number of nitrogens with two attached hydrogens (primary N) is 1. The predicted molar refractivity (Wildman–Crippen MR) is 130 cm³/mol. The summed E-state index contributed by atoms with van der Waals surface area (Å²) in [5, 5.41) is 8.73. The van der Waals surface area contributed by atoms with E-state index in [0.717, 1.165) is 32.1 Å². The van der Waals surface area contributed by atoms with E-state index in [9.17, 15) is 23.8 Å². The summed E-state index contributed by atoms with van der Waals surface area (Å²) in [4.78, 5) is 44.6. The maximum Gasteiger partial charge on any atom is 0.472 e. The van der Waals surface area contributed by atoms with Gasteiger partial charge in [-0.1, -0.05) is 71.6 Å². The van der Waals surface area contributed by atoms with Crippen LogP contribution in [0, 0.1) is 0 Å². The van der Waals surface area contributed by atoms with E-state index in [-0.39, 0.29) is 19.4 Å². The van der Waals surface area contributed by atoms with Gasteiger partial charge >= 0.3 is 25.7 Å². The summed E-state index contributed by atoms with van der Waals surface area (Å²) in [6.45, 7) is 2.49. The minimum absolute atomic E-state index is 0.163. The first kappa shape index (κ1) is 33.5. The van der Waals surface area contributed by atoms with Crippen LogP contribution in [-0.4, -0.2) is 59.9 Å². The number of phosphoric ester groups is 1. The van der Waals surface area contributed by atoms with Crippen LogP contribution in [0.4, 0.5) is 0 Å². The van der Waals surface area contributed by atoms with Crippen LogP contribution in [0.15, 0.2) is 0 Å². The molecule has 0 heterocycles. The monoisotopic (exact) mass is 525 g/mol. The number of phosphoric acid groups is 1. The molecule has 0 fully saturated rings. The van der Waals surface area contributed by atoms with Crippen molar-refractivity contribution in [3.63, 3.8) is 0 Å². The molecule has 12 heteroatoms. The topological polar surface area (TPSA) is 172 Å². The maximum absolute atomic E-state index is 12.2. The Labute approximate surface area is 208 Å². The molecule has 206 valence electrons. The number of aliphatic carboxylic acids is 1. The summed E-state index contributed by atoms with van der Waals surface area (Å²) >= 11 is 0. The Morgan fingerprint density at radius 1 is 0.771 bits per heavy atom. The fourth-order valence-corrected chi connectivity index (χ4v) is 3.78. The Kier molecular flexibility index (Phi) is 19.8. The number of esters is 2. The van der Waals surface area contributed by atoms with E-state index in [2.05, 4.69) is 11.4 Å². The van der Waals surface area contributed by atoms with Gasteiger partial charge in [-0.2, -0.15) is 0 Å². The summed E-state index contributed by atoms with van der Waals surface area (Å²) in [6, 6.07) is -1.51. The normalized spacial score (nSPS) is 14.6. The van der Waals surface area contributed by atoms with E-state index >= 15 is 0 Å². The summed E-state index contributed by atoms with van der Waals surface area (Å²) < 4.78 is 31.8. The minimum atomic E-state index is -4.67. The molecule has 0 aromatic rings. The molecule has 0 aromatic heterocycles. The number of carboxylic acids is 1. The molecule has 0 radical (unpaired) electrons. The van der Waals surface area contributed by atoms with Crippen molar-refractivity contribution < 1.29 is 47.5 Å². The SMILES string of the molecule is CCCCCCCCCCC(=O)OC(COC(=O)CCCCC)COP(=O)(O)OCC(N)C(=O)O. The van der Waals surface area contributed by atoms with Gasteiger partial charge in [0.25, 0.3) is 0 Å². The number of ether oxygens (including phenoxy) is 2. The van der Waals surface area contributed by atoms with E-state index < -0.39 is 51.1 Å². The highest BCUT2D eigenvalue weighted by Gasteiger charge is 2.28. The largest absolute Gasteiger partial charge is 0.480 e. The van der Waals surface area contributed by atoms with E-state index in [4.69, 9.17) is 24.8 Å². The lowest BCUT2D eigenvalue weighted by atomic mass is 10.1. The van der Waals surface area contributed by atoms with Crippen LogP contribution in [0.25, 0.3) is 0 Å². The molecule has 11 nitrogen and oxygen atoms in total. The van der Waals surface area contributed by atoms with Gasteiger partial charge in [-0.3, -0.25) is 23.4 Å². The van der Waals surface area contributed by atoms with Gasteiger partial charge < -0.3 is 25.2 Å². The van der Waals surface area contributed by atoms with Crippen LogP contribution >= 0.6 is 7.82 Å². The van der Waals surface area contributed by atoms with Crippen LogP contribution in [0.3, 0.4) is 0 Å².